The number of amides is 1. The van der Waals surface area contributed by atoms with Crippen LogP contribution >= 0.6 is 11.3 Å². The minimum Gasteiger partial charge on any atom is -0.373 e. The first-order valence-electron chi connectivity index (χ1n) is 8.54. The molecule has 3 heterocycles. The third-order valence-electron chi connectivity index (χ3n) is 4.32. The molecular weight excluding hydrogens is 346 g/mol. The van der Waals surface area contributed by atoms with Crippen molar-refractivity contribution in [2.45, 2.75) is 25.8 Å². The molecule has 0 spiro atoms. The van der Waals surface area contributed by atoms with E-state index in [-0.39, 0.29) is 11.9 Å². The Bertz CT molecular complexity index is 925. The molecule has 1 aliphatic heterocycles. The van der Waals surface area contributed by atoms with E-state index in [9.17, 15) is 4.79 Å². The summed E-state index contributed by atoms with van der Waals surface area (Å²) in [6.45, 7) is 2.63. The van der Waals surface area contributed by atoms with Gasteiger partial charge < -0.3 is 10.6 Å². The number of anilines is 1. The van der Waals surface area contributed by atoms with E-state index in [0.29, 0.717) is 18.8 Å². The van der Waals surface area contributed by atoms with E-state index < -0.39 is 0 Å². The van der Waals surface area contributed by atoms with Crippen LogP contribution in [0.1, 0.15) is 16.8 Å². The summed E-state index contributed by atoms with van der Waals surface area (Å²) in [4.78, 5) is 25.4. The van der Waals surface area contributed by atoms with Crippen LogP contribution < -0.4 is 10.6 Å². The Morgan fingerprint density at radius 2 is 2.19 bits per heavy atom. The van der Waals surface area contributed by atoms with Crippen LogP contribution in [0.15, 0.2) is 42.0 Å². The van der Waals surface area contributed by atoms with Crippen molar-refractivity contribution in [3.8, 4) is 10.8 Å². The zero-order valence-corrected chi connectivity index (χ0v) is 15.2. The van der Waals surface area contributed by atoms with Crippen LogP contribution in [-0.2, 0) is 17.6 Å². The summed E-state index contributed by atoms with van der Waals surface area (Å²) in [6, 6.07) is 7.82. The highest BCUT2D eigenvalue weighted by atomic mass is 32.1. The molecule has 0 aliphatic carbocycles. The lowest BCUT2D eigenvalue weighted by atomic mass is 10.1. The predicted octanol–water partition coefficient (Wildman–Crippen LogP) is 2.60. The van der Waals surface area contributed by atoms with Crippen LogP contribution in [0.3, 0.4) is 0 Å². The van der Waals surface area contributed by atoms with Gasteiger partial charge in [0.25, 0.3) is 0 Å². The summed E-state index contributed by atoms with van der Waals surface area (Å²) >= 11 is 1.52. The minimum absolute atomic E-state index is 0.0284. The lowest BCUT2D eigenvalue weighted by Gasteiger charge is -2.11. The molecule has 1 atom stereocenters. The number of rotatable bonds is 5. The Labute approximate surface area is 155 Å². The topological polar surface area (TPSA) is 79.8 Å². The fraction of sp³-hybridized carbons (Fsp3) is 0.263. The van der Waals surface area contributed by atoms with Gasteiger partial charge in [-0.25, -0.2) is 15.0 Å². The van der Waals surface area contributed by atoms with E-state index in [1.54, 1.807) is 18.5 Å². The molecule has 7 heteroatoms. The van der Waals surface area contributed by atoms with Gasteiger partial charge in [-0.15, -0.1) is 11.3 Å². The van der Waals surface area contributed by atoms with Crippen LogP contribution in [-0.4, -0.2) is 33.4 Å². The highest BCUT2D eigenvalue weighted by Gasteiger charge is 2.26. The first kappa shape index (κ1) is 16.7. The first-order valence-corrected chi connectivity index (χ1v) is 9.42. The van der Waals surface area contributed by atoms with E-state index in [2.05, 4.69) is 44.6 Å². The molecule has 4 rings (SSSR count). The van der Waals surface area contributed by atoms with Crippen LogP contribution in [0.4, 0.5) is 5.69 Å². The van der Waals surface area contributed by atoms with E-state index in [1.165, 1.54) is 22.5 Å². The molecule has 1 aliphatic rings. The SMILES string of the molecule is Cc1ccc2c(c1)CC(C(=O)NCCc1csc(-c3ncccn3)n1)N2. The van der Waals surface area contributed by atoms with Gasteiger partial charge in [-0.1, -0.05) is 17.7 Å². The molecular formula is C19H19N5OS. The molecule has 1 amide bonds. The molecule has 0 fully saturated rings. The number of aryl methyl sites for hydroxylation is 1. The number of benzene rings is 1. The zero-order valence-electron chi connectivity index (χ0n) is 14.4. The number of aromatic nitrogens is 3. The predicted molar refractivity (Wildman–Crippen MR) is 102 cm³/mol. The van der Waals surface area contributed by atoms with Crippen LogP contribution in [0.5, 0.6) is 0 Å². The van der Waals surface area contributed by atoms with Gasteiger partial charge >= 0.3 is 0 Å². The maximum Gasteiger partial charge on any atom is 0.242 e. The largest absolute Gasteiger partial charge is 0.373 e. The molecule has 0 radical (unpaired) electrons. The summed E-state index contributed by atoms with van der Waals surface area (Å²) in [7, 11) is 0. The Morgan fingerprint density at radius 3 is 3.04 bits per heavy atom. The molecule has 0 bridgehead atoms. The third-order valence-corrected chi connectivity index (χ3v) is 5.21. The molecule has 1 aromatic carbocycles. The molecule has 132 valence electrons. The highest BCUT2D eigenvalue weighted by Crippen LogP contribution is 2.26. The molecule has 6 nitrogen and oxygen atoms in total. The van der Waals surface area contributed by atoms with E-state index >= 15 is 0 Å². The smallest absolute Gasteiger partial charge is 0.242 e. The fourth-order valence-electron chi connectivity index (χ4n) is 3.02. The van der Waals surface area contributed by atoms with Crippen molar-refractivity contribution >= 4 is 22.9 Å². The quantitative estimate of drug-likeness (QED) is 0.726. The van der Waals surface area contributed by atoms with Gasteiger partial charge in [-0.2, -0.15) is 0 Å². The summed E-state index contributed by atoms with van der Waals surface area (Å²) in [6.07, 6.45) is 4.83. The Hall–Kier alpha value is -2.80. The van der Waals surface area contributed by atoms with Gasteiger partial charge in [0.15, 0.2) is 10.8 Å². The summed E-state index contributed by atoms with van der Waals surface area (Å²) in [5, 5.41) is 9.09. The van der Waals surface area contributed by atoms with Crippen molar-refractivity contribution in [2.75, 3.05) is 11.9 Å². The van der Waals surface area contributed by atoms with Crippen molar-refractivity contribution in [1.29, 1.82) is 0 Å². The van der Waals surface area contributed by atoms with Crippen molar-refractivity contribution < 1.29 is 4.79 Å². The van der Waals surface area contributed by atoms with Crippen molar-refractivity contribution in [1.82, 2.24) is 20.3 Å². The first-order chi connectivity index (χ1) is 12.7. The normalized spacial score (nSPS) is 15.3. The monoisotopic (exact) mass is 365 g/mol. The summed E-state index contributed by atoms with van der Waals surface area (Å²) < 4.78 is 0. The van der Waals surface area contributed by atoms with Crippen LogP contribution in [0.25, 0.3) is 10.8 Å². The van der Waals surface area contributed by atoms with E-state index in [4.69, 9.17) is 0 Å². The number of carbonyl (C=O) groups is 1. The molecule has 2 aromatic heterocycles. The maximum absolute atomic E-state index is 12.4. The number of nitrogens with one attached hydrogen (secondary N) is 2. The van der Waals surface area contributed by atoms with Crippen molar-refractivity contribution in [3.05, 3.63) is 58.9 Å². The number of nitrogens with zero attached hydrogens (tertiary/aromatic N) is 3. The van der Waals surface area contributed by atoms with Gasteiger partial charge in [-0.3, -0.25) is 4.79 Å². The van der Waals surface area contributed by atoms with Crippen molar-refractivity contribution in [2.24, 2.45) is 0 Å². The second-order valence-corrected chi connectivity index (χ2v) is 7.18. The second-order valence-electron chi connectivity index (χ2n) is 6.32. The number of hydrogen-bond acceptors (Lipinski definition) is 6. The Kier molecular flexibility index (Phi) is 4.62. The Balaban J connectivity index is 1.29. The second kappa shape index (κ2) is 7.21. The zero-order chi connectivity index (χ0) is 17.9. The van der Waals surface area contributed by atoms with Gasteiger partial charge in [-0.05, 0) is 24.6 Å². The molecule has 26 heavy (non-hydrogen) atoms. The van der Waals surface area contributed by atoms with Crippen LogP contribution in [0, 0.1) is 6.92 Å². The highest BCUT2D eigenvalue weighted by molar-refractivity contribution is 7.13. The molecule has 0 saturated heterocycles. The minimum atomic E-state index is -0.199. The lowest BCUT2D eigenvalue weighted by molar-refractivity contribution is -0.121. The van der Waals surface area contributed by atoms with Gasteiger partial charge in [0.2, 0.25) is 5.91 Å². The lowest BCUT2D eigenvalue weighted by Crippen LogP contribution is -2.39. The molecule has 1 unspecified atom stereocenters. The van der Waals surface area contributed by atoms with Crippen molar-refractivity contribution in [3.63, 3.8) is 0 Å². The van der Waals surface area contributed by atoms with Gasteiger partial charge in [0, 0.05) is 42.8 Å². The average molecular weight is 365 g/mol. The molecule has 2 N–H and O–H groups in total. The van der Waals surface area contributed by atoms with E-state index in [0.717, 1.165) is 22.8 Å². The number of carbonyl (C=O) groups excluding carboxylic acids is 1. The van der Waals surface area contributed by atoms with Gasteiger partial charge in [0.1, 0.15) is 6.04 Å². The van der Waals surface area contributed by atoms with E-state index in [1.807, 2.05) is 11.4 Å². The fourth-order valence-corrected chi connectivity index (χ4v) is 3.82. The third kappa shape index (κ3) is 3.57. The average Bonchev–Trinajstić information content (AvgIpc) is 3.29. The summed E-state index contributed by atoms with van der Waals surface area (Å²) in [5.41, 5.74) is 4.42. The Morgan fingerprint density at radius 1 is 1.35 bits per heavy atom. The van der Waals surface area contributed by atoms with Crippen LogP contribution in [0.2, 0.25) is 0 Å². The maximum atomic E-state index is 12.4. The number of hydrogen-bond donors (Lipinski definition) is 2. The standard InChI is InChI=1S/C19H19N5OS/c1-12-3-4-15-13(9-12)10-16(24-15)18(25)22-8-5-14-11-26-19(23-14)17-20-6-2-7-21-17/h2-4,6-7,9,11,16,24H,5,8,10H2,1H3,(H,22,25). The van der Waals surface area contributed by atoms with Gasteiger partial charge in [0.05, 0.1) is 5.69 Å². The number of thiazole rings is 1. The number of fused-ring (bicyclic) bond motifs is 1. The molecule has 0 saturated carbocycles. The summed E-state index contributed by atoms with van der Waals surface area (Å²) in [5.74, 6) is 0.664. The molecule has 3 aromatic rings.